The second kappa shape index (κ2) is 7.60. The molecule has 0 heterocycles. The number of thioether (sulfide) groups is 1. The van der Waals surface area contributed by atoms with Gasteiger partial charge in [-0.3, -0.25) is 4.79 Å². The predicted octanol–water partition coefficient (Wildman–Crippen LogP) is 2.06. The fourth-order valence-electron chi connectivity index (χ4n) is 1.14. The minimum absolute atomic E-state index is 0.182. The zero-order chi connectivity index (χ0) is 13.4. The molecule has 1 N–H and O–H groups in total. The molecule has 0 fully saturated rings. The number of esters is 1. The number of ether oxygens (including phenoxy) is 2. The monoisotopic (exact) mass is 269 g/mol. The Hall–Kier alpha value is -1.69. The molecule has 98 valence electrons. The lowest BCUT2D eigenvalue weighted by molar-refractivity contribution is -0.139. The number of carbonyl (C=O) groups is 2. The maximum absolute atomic E-state index is 11.2. The van der Waals surface area contributed by atoms with E-state index in [1.165, 1.54) is 18.8 Å². The topological polar surface area (TPSA) is 64.6 Å². The molecule has 0 atom stereocenters. The van der Waals surface area contributed by atoms with Crippen LogP contribution in [0.2, 0.25) is 0 Å². The lowest BCUT2D eigenvalue weighted by atomic mass is 10.3. The van der Waals surface area contributed by atoms with E-state index in [1.54, 1.807) is 25.1 Å². The standard InChI is InChI=1S/C12H15NO4S/c1-3-16-11(14)8-18-10-7-5-4-6-9(10)17-12(15)13-2/h4-7H,3,8H2,1-2H3,(H,13,15). The van der Waals surface area contributed by atoms with Crippen LogP contribution in [-0.2, 0) is 9.53 Å². The third-order valence-electron chi connectivity index (χ3n) is 1.91. The van der Waals surface area contributed by atoms with Gasteiger partial charge in [-0.05, 0) is 19.1 Å². The maximum Gasteiger partial charge on any atom is 0.412 e. The van der Waals surface area contributed by atoms with E-state index in [2.05, 4.69) is 5.32 Å². The molecule has 0 bridgehead atoms. The maximum atomic E-state index is 11.2. The zero-order valence-corrected chi connectivity index (χ0v) is 11.1. The van der Waals surface area contributed by atoms with Crippen LogP contribution in [0.15, 0.2) is 29.2 Å². The van der Waals surface area contributed by atoms with Gasteiger partial charge in [-0.25, -0.2) is 4.79 Å². The van der Waals surface area contributed by atoms with Crippen molar-refractivity contribution in [1.29, 1.82) is 0 Å². The van der Waals surface area contributed by atoms with Crippen molar-refractivity contribution in [2.24, 2.45) is 0 Å². The molecular weight excluding hydrogens is 254 g/mol. The van der Waals surface area contributed by atoms with Gasteiger partial charge in [0.25, 0.3) is 0 Å². The van der Waals surface area contributed by atoms with Crippen molar-refractivity contribution < 1.29 is 19.1 Å². The third-order valence-corrected chi connectivity index (χ3v) is 2.94. The molecule has 1 rings (SSSR count). The number of para-hydroxylation sites is 1. The van der Waals surface area contributed by atoms with Crippen LogP contribution in [-0.4, -0.2) is 31.5 Å². The first kappa shape index (κ1) is 14.4. The lowest BCUT2D eigenvalue weighted by Gasteiger charge is -2.08. The Balaban J connectivity index is 2.64. The number of rotatable bonds is 5. The largest absolute Gasteiger partial charge is 0.465 e. The summed E-state index contributed by atoms with van der Waals surface area (Å²) in [6.07, 6.45) is -0.542. The van der Waals surface area contributed by atoms with Crippen LogP contribution in [0.3, 0.4) is 0 Å². The molecule has 0 aliphatic carbocycles. The molecule has 6 heteroatoms. The minimum Gasteiger partial charge on any atom is -0.465 e. The van der Waals surface area contributed by atoms with E-state index in [9.17, 15) is 9.59 Å². The van der Waals surface area contributed by atoms with E-state index in [0.717, 1.165) is 0 Å². The van der Waals surface area contributed by atoms with E-state index in [4.69, 9.17) is 9.47 Å². The zero-order valence-electron chi connectivity index (χ0n) is 10.3. The summed E-state index contributed by atoms with van der Waals surface area (Å²) < 4.78 is 9.89. The van der Waals surface area contributed by atoms with Gasteiger partial charge < -0.3 is 14.8 Å². The molecule has 0 unspecified atom stereocenters. The molecule has 5 nitrogen and oxygen atoms in total. The van der Waals surface area contributed by atoms with Crippen molar-refractivity contribution in [2.75, 3.05) is 19.4 Å². The Morgan fingerprint density at radius 1 is 1.33 bits per heavy atom. The number of hydrogen-bond acceptors (Lipinski definition) is 5. The average molecular weight is 269 g/mol. The van der Waals surface area contributed by atoms with Crippen molar-refractivity contribution in [1.82, 2.24) is 5.32 Å². The number of nitrogens with one attached hydrogen (secondary N) is 1. The van der Waals surface area contributed by atoms with Crippen LogP contribution in [0.4, 0.5) is 4.79 Å². The summed E-state index contributed by atoms with van der Waals surface area (Å²) in [5.41, 5.74) is 0. The predicted molar refractivity (Wildman–Crippen MR) is 68.9 cm³/mol. The van der Waals surface area contributed by atoms with Crippen LogP contribution in [0.5, 0.6) is 5.75 Å². The van der Waals surface area contributed by atoms with Crippen molar-refractivity contribution in [3.8, 4) is 5.75 Å². The van der Waals surface area contributed by atoms with Crippen molar-refractivity contribution in [3.05, 3.63) is 24.3 Å². The summed E-state index contributed by atoms with van der Waals surface area (Å²) in [6.45, 7) is 2.11. The van der Waals surface area contributed by atoms with Crippen LogP contribution in [0.25, 0.3) is 0 Å². The van der Waals surface area contributed by atoms with E-state index in [-0.39, 0.29) is 11.7 Å². The molecule has 0 aliphatic heterocycles. The van der Waals surface area contributed by atoms with Gasteiger partial charge in [-0.1, -0.05) is 12.1 Å². The summed E-state index contributed by atoms with van der Waals surface area (Å²) >= 11 is 1.27. The van der Waals surface area contributed by atoms with Crippen molar-refractivity contribution in [2.45, 2.75) is 11.8 Å². The molecule has 0 saturated heterocycles. The van der Waals surface area contributed by atoms with E-state index in [0.29, 0.717) is 17.3 Å². The van der Waals surface area contributed by atoms with Gasteiger partial charge >= 0.3 is 12.1 Å². The van der Waals surface area contributed by atoms with Gasteiger partial charge in [0, 0.05) is 7.05 Å². The summed E-state index contributed by atoms with van der Waals surface area (Å²) in [6, 6.07) is 7.02. The molecule has 1 aromatic carbocycles. The highest BCUT2D eigenvalue weighted by Gasteiger charge is 2.10. The van der Waals surface area contributed by atoms with Crippen LogP contribution in [0.1, 0.15) is 6.92 Å². The Labute approximate surface area is 110 Å². The number of benzene rings is 1. The van der Waals surface area contributed by atoms with Crippen LogP contribution >= 0.6 is 11.8 Å². The quantitative estimate of drug-likeness (QED) is 0.654. The summed E-state index contributed by atoms with van der Waals surface area (Å²) in [5.74, 6) is 0.311. The number of hydrogen-bond donors (Lipinski definition) is 1. The van der Waals surface area contributed by atoms with Gasteiger partial charge in [0.1, 0.15) is 5.75 Å². The van der Waals surface area contributed by atoms with Gasteiger partial charge in [0.15, 0.2) is 0 Å². The van der Waals surface area contributed by atoms with Gasteiger partial charge in [-0.2, -0.15) is 0 Å². The molecule has 0 spiro atoms. The van der Waals surface area contributed by atoms with E-state index >= 15 is 0 Å². The van der Waals surface area contributed by atoms with E-state index in [1.807, 2.05) is 6.07 Å². The first-order valence-corrected chi connectivity index (χ1v) is 6.43. The summed E-state index contributed by atoms with van der Waals surface area (Å²) in [5, 5.41) is 2.36. The Morgan fingerprint density at radius 3 is 2.72 bits per heavy atom. The number of amides is 1. The molecule has 1 aromatic rings. The molecule has 0 aromatic heterocycles. The fraction of sp³-hybridized carbons (Fsp3) is 0.333. The van der Waals surface area contributed by atoms with Crippen molar-refractivity contribution in [3.63, 3.8) is 0 Å². The van der Waals surface area contributed by atoms with Crippen LogP contribution < -0.4 is 10.1 Å². The van der Waals surface area contributed by atoms with Gasteiger partial charge in [-0.15, -0.1) is 11.8 Å². The third kappa shape index (κ3) is 4.67. The molecule has 18 heavy (non-hydrogen) atoms. The molecule has 0 radical (unpaired) electrons. The normalized spacial score (nSPS) is 9.67. The van der Waals surface area contributed by atoms with E-state index < -0.39 is 6.09 Å². The lowest BCUT2D eigenvalue weighted by Crippen LogP contribution is -2.22. The summed E-state index contributed by atoms with van der Waals surface area (Å²) in [4.78, 5) is 23.1. The Bertz CT molecular complexity index is 422. The average Bonchev–Trinajstić information content (AvgIpc) is 2.38. The first-order chi connectivity index (χ1) is 8.67. The minimum atomic E-state index is -0.542. The Kier molecular flexibility index (Phi) is 6.07. The van der Waals surface area contributed by atoms with Gasteiger partial charge in [0.2, 0.25) is 0 Å². The highest BCUT2D eigenvalue weighted by molar-refractivity contribution is 8.00. The second-order valence-corrected chi connectivity index (χ2v) is 4.20. The smallest absolute Gasteiger partial charge is 0.412 e. The first-order valence-electron chi connectivity index (χ1n) is 5.44. The van der Waals surface area contributed by atoms with Crippen LogP contribution in [0, 0.1) is 0 Å². The van der Waals surface area contributed by atoms with Gasteiger partial charge in [0.05, 0.1) is 17.3 Å². The fourth-order valence-corrected chi connectivity index (χ4v) is 1.93. The second-order valence-electron chi connectivity index (χ2n) is 3.18. The molecule has 0 aliphatic rings. The Morgan fingerprint density at radius 2 is 2.06 bits per heavy atom. The summed E-state index contributed by atoms with van der Waals surface area (Å²) in [7, 11) is 1.48. The highest BCUT2D eigenvalue weighted by atomic mass is 32.2. The molecule has 0 saturated carbocycles. The highest BCUT2D eigenvalue weighted by Crippen LogP contribution is 2.29. The molecular formula is C12H15NO4S. The van der Waals surface area contributed by atoms with Crippen molar-refractivity contribution >= 4 is 23.8 Å². The number of carbonyl (C=O) groups excluding carboxylic acids is 2. The molecule has 1 amide bonds. The SMILES string of the molecule is CCOC(=O)CSc1ccccc1OC(=O)NC.